The zero-order valence-corrected chi connectivity index (χ0v) is 21.0. The molecule has 2 heterocycles. The second kappa shape index (κ2) is 8.87. The Kier molecular flexibility index (Phi) is 5.97. The van der Waals surface area contributed by atoms with Crippen LogP contribution in [0.4, 0.5) is 0 Å². The second-order valence-electron chi connectivity index (χ2n) is 11.6. The van der Waals surface area contributed by atoms with Gasteiger partial charge in [-0.3, -0.25) is 19.3 Å². The van der Waals surface area contributed by atoms with Crippen molar-refractivity contribution in [2.75, 3.05) is 13.2 Å². The number of fused-ring (bicyclic) bond motifs is 3. The van der Waals surface area contributed by atoms with Gasteiger partial charge in [0.15, 0.2) is 6.61 Å². The minimum Gasteiger partial charge on any atom is -0.454 e. The number of rotatable bonds is 6. The number of ether oxygens (including phenoxy) is 1. The number of carbonyl (C=O) groups is 4. The molecule has 1 aliphatic carbocycles. The van der Waals surface area contributed by atoms with Crippen molar-refractivity contribution in [2.45, 2.75) is 58.5 Å². The molecule has 0 spiro atoms. The van der Waals surface area contributed by atoms with Crippen LogP contribution in [-0.4, -0.2) is 58.7 Å². The Morgan fingerprint density at radius 3 is 2.19 bits per heavy atom. The predicted octanol–water partition coefficient (Wildman–Crippen LogP) is 3.86. The molecule has 36 heavy (non-hydrogen) atoms. The van der Waals surface area contributed by atoms with Gasteiger partial charge in [0.05, 0.1) is 11.1 Å². The summed E-state index contributed by atoms with van der Waals surface area (Å²) in [7, 11) is 0. The van der Waals surface area contributed by atoms with Gasteiger partial charge in [-0.15, -0.1) is 0 Å². The minimum absolute atomic E-state index is 0.0715. The molecule has 7 nitrogen and oxygen atoms in total. The summed E-state index contributed by atoms with van der Waals surface area (Å²) in [4.78, 5) is 55.6. The van der Waals surface area contributed by atoms with Gasteiger partial charge in [-0.05, 0) is 47.8 Å². The molecule has 188 valence electrons. The Morgan fingerprint density at radius 2 is 1.56 bits per heavy atom. The van der Waals surface area contributed by atoms with Crippen molar-refractivity contribution in [1.29, 1.82) is 0 Å². The van der Waals surface area contributed by atoms with Crippen LogP contribution in [0.1, 0.15) is 66.3 Å². The number of hydrogen-bond acceptors (Lipinski definition) is 5. The Bertz CT molecular complexity index is 1190. The number of benzene rings is 2. The van der Waals surface area contributed by atoms with Crippen LogP contribution in [0.5, 0.6) is 0 Å². The summed E-state index contributed by atoms with van der Waals surface area (Å²) in [5, 5.41) is 0. The fourth-order valence-electron chi connectivity index (χ4n) is 6.67. The van der Waals surface area contributed by atoms with Gasteiger partial charge in [0, 0.05) is 19.0 Å². The maximum Gasteiger partial charge on any atom is 0.330 e. The molecule has 3 amide bonds. The molecule has 2 fully saturated rings. The van der Waals surface area contributed by atoms with Crippen molar-refractivity contribution < 1.29 is 23.9 Å². The van der Waals surface area contributed by atoms with Gasteiger partial charge < -0.3 is 9.64 Å². The lowest BCUT2D eigenvalue weighted by molar-refractivity contribution is -0.155. The van der Waals surface area contributed by atoms with Crippen molar-refractivity contribution in [3.05, 3.63) is 71.3 Å². The number of amides is 3. The zero-order chi connectivity index (χ0) is 25.7. The molecule has 3 unspecified atom stereocenters. The van der Waals surface area contributed by atoms with Crippen molar-refractivity contribution in [1.82, 2.24) is 9.80 Å². The van der Waals surface area contributed by atoms with Crippen LogP contribution >= 0.6 is 0 Å². The van der Waals surface area contributed by atoms with E-state index >= 15 is 0 Å². The highest BCUT2D eigenvalue weighted by Gasteiger charge is 2.51. The molecule has 1 saturated heterocycles. The molecule has 3 aliphatic rings. The molecule has 0 N–H and O–H groups in total. The van der Waals surface area contributed by atoms with E-state index in [1.807, 2.05) is 35.2 Å². The second-order valence-corrected chi connectivity index (χ2v) is 11.6. The van der Waals surface area contributed by atoms with Gasteiger partial charge in [0.25, 0.3) is 17.7 Å². The van der Waals surface area contributed by atoms with Gasteiger partial charge >= 0.3 is 5.97 Å². The lowest BCUT2D eigenvalue weighted by atomic mass is 9.65. The summed E-state index contributed by atoms with van der Waals surface area (Å²) in [5.74, 6) is -2.03. The first-order valence-electron chi connectivity index (χ1n) is 12.5. The summed E-state index contributed by atoms with van der Waals surface area (Å²) in [6, 6.07) is 14.7. The first-order chi connectivity index (χ1) is 17.1. The van der Waals surface area contributed by atoms with E-state index in [0.29, 0.717) is 6.54 Å². The monoisotopic (exact) mass is 488 g/mol. The molecule has 2 aliphatic heterocycles. The molecule has 0 aromatic heterocycles. The lowest BCUT2D eigenvalue weighted by Gasteiger charge is -2.39. The number of imide groups is 1. The lowest BCUT2D eigenvalue weighted by Crippen LogP contribution is -2.48. The average molecular weight is 489 g/mol. The van der Waals surface area contributed by atoms with E-state index in [0.717, 1.165) is 29.7 Å². The molecular weight excluding hydrogens is 456 g/mol. The van der Waals surface area contributed by atoms with Gasteiger partial charge in [0.2, 0.25) is 0 Å². The van der Waals surface area contributed by atoms with Gasteiger partial charge in [-0.2, -0.15) is 0 Å². The Hall–Kier alpha value is -3.48. The number of hydrogen-bond donors (Lipinski definition) is 0. The van der Waals surface area contributed by atoms with E-state index in [2.05, 4.69) is 20.8 Å². The first kappa shape index (κ1) is 24.2. The van der Waals surface area contributed by atoms with Crippen molar-refractivity contribution in [2.24, 2.45) is 10.8 Å². The van der Waals surface area contributed by atoms with Crippen LogP contribution in [0.2, 0.25) is 0 Å². The number of esters is 1. The standard InChI is InChI=1S/C29H32N2O5/c1-28(2)14-20-15-29(3,17-28)18-30(20)24(32)16-36-27(35)23(13-19-9-5-4-6-10-19)31-25(33)21-11-7-8-12-22(21)26(31)34/h4-12,20,23H,13-18H2,1-3H3. The van der Waals surface area contributed by atoms with E-state index in [9.17, 15) is 19.2 Å². The van der Waals surface area contributed by atoms with Gasteiger partial charge in [-0.25, -0.2) is 4.79 Å². The highest BCUT2D eigenvalue weighted by molar-refractivity contribution is 6.22. The van der Waals surface area contributed by atoms with E-state index < -0.39 is 30.4 Å². The normalized spacial score (nSPS) is 25.0. The number of likely N-dealkylation sites (tertiary alicyclic amines) is 1. The largest absolute Gasteiger partial charge is 0.454 e. The zero-order valence-electron chi connectivity index (χ0n) is 21.0. The Morgan fingerprint density at radius 1 is 0.944 bits per heavy atom. The average Bonchev–Trinajstić information content (AvgIpc) is 3.24. The van der Waals surface area contributed by atoms with Gasteiger partial charge in [-0.1, -0.05) is 63.2 Å². The molecule has 1 saturated carbocycles. The summed E-state index contributed by atoms with van der Waals surface area (Å²) >= 11 is 0. The van der Waals surface area contributed by atoms with Crippen LogP contribution in [0.3, 0.4) is 0 Å². The first-order valence-corrected chi connectivity index (χ1v) is 12.5. The molecule has 2 aromatic rings. The molecule has 3 atom stereocenters. The smallest absolute Gasteiger partial charge is 0.330 e. The van der Waals surface area contributed by atoms with Crippen molar-refractivity contribution >= 4 is 23.7 Å². The van der Waals surface area contributed by atoms with E-state index in [4.69, 9.17) is 4.74 Å². The maximum absolute atomic E-state index is 13.4. The summed E-state index contributed by atoms with van der Waals surface area (Å²) < 4.78 is 5.52. The van der Waals surface area contributed by atoms with Crippen molar-refractivity contribution in [3.8, 4) is 0 Å². The van der Waals surface area contributed by atoms with Crippen LogP contribution in [0, 0.1) is 10.8 Å². The third-order valence-electron chi connectivity index (χ3n) is 7.75. The van der Waals surface area contributed by atoms with Crippen LogP contribution in [0.15, 0.2) is 54.6 Å². The summed E-state index contributed by atoms with van der Waals surface area (Å²) in [5.41, 5.74) is 1.55. The third-order valence-corrected chi connectivity index (χ3v) is 7.75. The topological polar surface area (TPSA) is 84.0 Å². The van der Waals surface area contributed by atoms with E-state index in [-0.39, 0.29) is 40.3 Å². The molecule has 2 aromatic carbocycles. The molecule has 0 radical (unpaired) electrons. The summed E-state index contributed by atoms with van der Waals surface area (Å²) in [6.45, 7) is 6.95. The third kappa shape index (κ3) is 4.43. The summed E-state index contributed by atoms with van der Waals surface area (Å²) in [6.07, 6.45) is 3.05. The van der Waals surface area contributed by atoms with Crippen LogP contribution < -0.4 is 0 Å². The number of nitrogens with zero attached hydrogens (tertiary/aromatic N) is 2. The van der Waals surface area contributed by atoms with E-state index in [1.54, 1.807) is 24.3 Å². The van der Waals surface area contributed by atoms with Gasteiger partial charge in [0.1, 0.15) is 6.04 Å². The van der Waals surface area contributed by atoms with Crippen molar-refractivity contribution in [3.63, 3.8) is 0 Å². The fourth-order valence-corrected chi connectivity index (χ4v) is 6.67. The fraction of sp³-hybridized carbons (Fsp3) is 0.448. The highest BCUT2D eigenvalue weighted by Crippen LogP contribution is 2.52. The molecular formula is C29H32N2O5. The maximum atomic E-state index is 13.4. The highest BCUT2D eigenvalue weighted by atomic mass is 16.5. The Balaban J connectivity index is 1.33. The van der Waals surface area contributed by atoms with Crippen LogP contribution in [-0.2, 0) is 20.7 Å². The molecule has 5 rings (SSSR count). The minimum atomic E-state index is -1.16. The molecule has 7 heteroatoms. The number of carbonyl (C=O) groups excluding carboxylic acids is 4. The van der Waals surface area contributed by atoms with Crippen LogP contribution in [0.25, 0.3) is 0 Å². The Labute approximate surface area is 211 Å². The quantitative estimate of drug-likeness (QED) is 0.455. The molecule has 2 bridgehead atoms. The SMILES string of the molecule is CC1(C)CC2CC(C)(CN2C(=O)COC(=O)C(Cc2ccccc2)N2C(=O)c3ccccc3C2=O)C1. The van der Waals surface area contributed by atoms with E-state index in [1.165, 1.54) is 0 Å². The predicted molar refractivity (Wildman–Crippen MR) is 133 cm³/mol.